The van der Waals surface area contributed by atoms with E-state index in [1.165, 1.54) is 0 Å². The number of amides is 2. The second kappa shape index (κ2) is 3.73. The maximum absolute atomic E-state index is 11.9. The highest BCUT2D eigenvalue weighted by molar-refractivity contribution is 6.08. The van der Waals surface area contributed by atoms with Gasteiger partial charge in [0.05, 0.1) is 12.8 Å². The van der Waals surface area contributed by atoms with E-state index in [2.05, 4.69) is 10.6 Å². The molecule has 2 N–H and O–H groups in total. The first-order valence-corrected chi connectivity index (χ1v) is 5.91. The molecule has 94 valence electrons. The van der Waals surface area contributed by atoms with Crippen molar-refractivity contribution in [2.24, 2.45) is 5.92 Å². The number of piperidine rings is 2. The van der Waals surface area contributed by atoms with Gasteiger partial charge in [-0.15, -0.1) is 0 Å². The van der Waals surface area contributed by atoms with Gasteiger partial charge in [-0.3, -0.25) is 14.9 Å². The van der Waals surface area contributed by atoms with Crippen LogP contribution in [0.1, 0.15) is 12.8 Å². The van der Waals surface area contributed by atoms with Crippen LogP contribution in [0.2, 0.25) is 0 Å². The molecule has 5 nitrogen and oxygen atoms in total. The molecule has 0 radical (unpaired) electrons. The molecule has 2 aliphatic heterocycles. The SMILES string of the molecule is COc1ccccc1NC12CC(C1)C(=O)NC2=O. The fourth-order valence-electron chi connectivity index (χ4n) is 2.65. The Balaban J connectivity index is 1.85. The van der Waals surface area contributed by atoms with Gasteiger partial charge in [-0.25, -0.2) is 0 Å². The molecule has 2 saturated heterocycles. The fraction of sp³-hybridized carbons (Fsp3) is 0.385. The monoisotopic (exact) mass is 246 g/mol. The van der Waals surface area contributed by atoms with Gasteiger partial charge in [0.1, 0.15) is 11.3 Å². The van der Waals surface area contributed by atoms with E-state index >= 15 is 0 Å². The summed E-state index contributed by atoms with van der Waals surface area (Å²) in [5.41, 5.74) is 0.135. The number of methoxy groups -OCH3 is 1. The van der Waals surface area contributed by atoms with Crippen LogP contribution in [0.5, 0.6) is 5.75 Å². The minimum Gasteiger partial charge on any atom is -0.495 e. The van der Waals surface area contributed by atoms with Gasteiger partial charge in [0, 0.05) is 5.92 Å². The molecule has 4 rings (SSSR count). The second-order valence-electron chi connectivity index (χ2n) is 4.83. The van der Waals surface area contributed by atoms with Crippen molar-refractivity contribution in [2.75, 3.05) is 12.4 Å². The standard InChI is InChI=1S/C13H14N2O3/c1-18-10-5-3-2-4-9(10)15-13-6-8(7-13)11(16)14-12(13)17/h2-5,8,15H,6-7H2,1H3,(H,14,16,17). The summed E-state index contributed by atoms with van der Waals surface area (Å²) in [4.78, 5) is 23.3. The van der Waals surface area contributed by atoms with Crippen molar-refractivity contribution in [3.63, 3.8) is 0 Å². The molecule has 0 unspecified atom stereocenters. The van der Waals surface area contributed by atoms with E-state index in [-0.39, 0.29) is 17.7 Å². The Hall–Kier alpha value is -2.04. The number of carbonyl (C=O) groups excluding carboxylic acids is 2. The smallest absolute Gasteiger partial charge is 0.252 e. The molecule has 0 spiro atoms. The zero-order chi connectivity index (χ0) is 12.8. The van der Waals surface area contributed by atoms with Gasteiger partial charge in [0.25, 0.3) is 5.91 Å². The largest absolute Gasteiger partial charge is 0.495 e. The van der Waals surface area contributed by atoms with Crippen LogP contribution in [-0.2, 0) is 9.59 Å². The number of carbonyl (C=O) groups is 2. The lowest BCUT2D eigenvalue weighted by Crippen LogP contribution is -2.69. The van der Waals surface area contributed by atoms with Gasteiger partial charge in [-0.05, 0) is 25.0 Å². The first kappa shape index (κ1) is 11.1. The van der Waals surface area contributed by atoms with Crippen LogP contribution >= 0.6 is 0 Å². The van der Waals surface area contributed by atoms with Gasteiger partial charge in [-0.2, -0.15) is 0 Å². The van der Waals surface area contributed by atoms with E-state index in [4.69, 9.17) is 4.74 Å². The molecule has 0 aromatic heterocycles. The summed E-state index contributed by atoms with van der Waals surface area (Å²) in [5.74, 6) is 0.273. The quantitative estimate of drug-likeness (QED) is 0.778. The highest BCUT2D eigenvalue weighted by Gasteiger charge is 2.57. The maximum atomic E-state index is 11.9. The Morgan fingerprint density at radius 3 is 2.72 bits per heavy atom. The van der Waals surface area contributed by atoms with Crippen molar-refractivity contribution in [1.82, 2.24) is 5.32 Å². The van der Waals surface area contributed by atoms with Crippen LogP contribution in [0.3, 0.4) is 0 Å². The predicted molar refractivity (Wildman–Crippen MR) is 65.2 cm³/mol. The number of ether oxygens (including phenoxy) is 1. The van der Waals surface area contributed by atoms with Crippen LogP contribution in [0.25, 0.3) is 0 Å². The van der Waals surface area contributed by atoms with Crippen molar-refractivity contribution in [3.05, 3.63) is 24.3 Å². The van der Waals surface area contributed by atoms with E-state index in [0.717, 1.165) is 5.69 Å². The molecule has 5 heteroatoms. The number of para-hydroxylation sites is 2. The lowest BCUT2D eigenvalue weighted by Gasteiger charge is -2.50. The second-order valence-corrected chi connectivity index (χ2v) is 4.83. The average molecular weight is 246 g/mol. The molecule has 1 aliphatic carbocycles. The molecular formula is C13H14N2O3. The Labute approximate surface area is 105 Å². The maximum Gasteiger partial charge on any atom is 0.252 e. The zero-order valence-corrected chi connectivity index (χ0v) is 10.0. The molecular weight excluding hydrogens is 232 g/mol. The average Bonchev–Trinajstić information content (AvgIpc) is 2.31. The first-order chi connectivity index (χ1) is 8.64. The van der Waals surface area contributed by atoms with Gasteiger partial charge >= 0.3 is 0 Å². The Bertz CT molecular complexity index is 521. The number of rotatable bonds is 3. The number of hydrogen-bond donors (Lipinski definition) is 2. The molecule has 2 bridgehead atoms. The van der Waals surface area contributed by atoms with E-state index in [0.29, 0.717) is 18.6 Å². The van der Waals surface area contributed by atoms with Crippen molar-refractivity contribution in [2.45, 2.75) is 18.4 Å². The Morgan fingerprint density at radius 2 is 2.06 bits per heavy atom. The number of nitrogens with one attached hydrogen (secondary N) is 2. The fourth-order valence-corrected chi connectivity index (χ4v) is 2.65. The van der Waals surface area contributed by atoms with E-state index in [1.54, 1.807) is 7.11 Å². The molecule has 18 heavy (non-hydrogen) atoms. The van der Waals surface area contributed by atoms with Gasteiger partial charge in [-0.1, -0.05) is 12.1 Å². The lowest BCUT2D eigenvalue weighted by atomic mass is 9.64. The van der Waals surface area contributed by atoms with Crippen LogP contribution in [-0.4, -0.2) is 24.5 Å². The summed E-state index contributed by atoms with van der Waals surface area (Å²) in [7, 11) is 1.59. The molecule has 1 aromatic rings. The summed E-state index contributed by atoms with van der Waals surface area (Å²) in [6, 6.07) is 7.45. The molecule has 1 aromatic carbocycles. The van der Waals surface area contributed by atoms with Crippen LogP contribution in [0.15, 0.2) is 24.3 Å². The number of anilines is 1. The van der Waals surface area contributed by atoms with Crippen molar-refractivity contribution < 1.29 is 14.3 Å². The molecule has 1 saturated carbocycles. The summed E-state index contributed by atoms with van der Waals surface area (Å²) in [6.07, 6.45) is 1.13. The van der Waals surface area contributed by atoms with Crippen molar-refractivity contribution in [1.29, 1.82) is 0 Å². The zero-order valence-electron chi connectivity index (χ0n) is 10.0. The summed E-state index contributed by atoms with van der Waals surface area (Å²) < 4.78 is 5.24. The summed E-state index contributed by atoms with van der Waals surface area (Å²) in [5, 5.41) is 5.62. The minimum atomic E-state index is -0.646. The lowest BCUT2D eigenvalue weighted by molar-refractivity contribution is -0.148. The Kier molecular flexibility index (Phi) is 2.29. The molecule has 3 fully saturated rings. The van der Waals surface area contributed by atoms with Gasteiger partial charge in [0.15, 0.2) is 0 Å². The molecule has 2 amide bonds. The van der Waals surface area contributed by atoms with Crippen molar-refractivity contribution in [3.8, 4) is 5.75 Å². The predicted octanol–water partition coefficient (Wildman–Crippen LogP) is 0.912. The molecule has 3 aliphatic rings. The highest BCUT2D eigenvalue weighted by atomic mass is 16.5. The van der Waals surface area contributed by atoms with Crippen LogP contribution in [0.4, 0.5) is 5.69 Å². The number of imide groups is 1. The number of benzene rings is 1. The summed E-state index contributed by atoms with van der Waals surface area (Å²) >= 11 is 0. The van der Waals surface area contributed by atoms with E-state index < -0.39 is 5.54 Å². The van der Waals surface area contributed by atoms with Crippen molar-refractivity contribution >= 4 is 17.5 Å². The van der Waals surface area contributed by atoms with Gasteiger partial charge < -0.3 is 10.1 Å². The molecule has 2 heterocycles. The van der Waals surface area contributed by atoms with Crippen LogP contribution in [0, 0.1) is 5.92 Å². The van der Waals surface area contributed by atoms with Crippen LogP contribution < -0.4 is 15.4 Å². The minimum absolute atomic E-state index is 0.0371. The molecule has 0 atom stereocenters. The Morgan fingerprint density at radius 1 is 1.33 bits per heavy atom. The normalized spacial score (nSPS) is 29.3. The number of hydrogen-bond acceptors (Lipinski definition) is 4. The van der Waals surface area contributed by atoms with Gasteiger partial charge in [0.2, 0.25) is 5.91 Å². The summed E-state index contributed by atoms with van der Waals surface area (Å²) in [6.45, 7) is 0. The first-order valence-electron chi connectivity index (χ1n) is 5.91. The third-order valence-electron chi connectivity index (χ3n) is 3.71. The third kappa shape index (κ3) is 1.47. The highest BCUT2D eigenvalue weighted by Crippen LogP contribution is 2.45. The van der Waals surface area contributed by atoms with E-state index in [9.17, 15) is 9.59 Å². The topological polar surface area (TPSA) is 67.4 Å². The van der Waals surface area contributed by atoms with E-state index in [1.807, 2.05) is 24.3 Å². The number of fused-ring (bicyclic) bond motifs is 2. The third-order valence-corrected chi connectivity index (χ3v) is 3.71.